The summed E-state index contributed by atoms with van der Waals surface area (Å²) in [5, 5.41) is 3.43. The second-order valence-electron chi connectivity index (χ2n) is 6.87. The maximum Gasteiger partial charge on any atom is 0.122 e. The Labute approximate surface area is 173 Å². The SMILES string of the molecule is CC[C@@H](C)Oc1ccc(CNc2ccc(OCCOc3ccccc3)cc2)cc1. The van der Waals surface area contributed by atoms with Crippen molar-refractivity contribution in [3.05, 3.63) is 84.4 Å². The summed E-state index contributed by atoms with van der Waals surface area (Å²) >= 11 is 0. The van der Waals surface area contributed by atoms with Crippen molar-refractivity contribution in [2.75, 3.05) is 18.5 Å². The molecule has 3 aromatic carbocycles. The van der Waals surface area contributed by atoms with Crippen LogP contribution in [0.3, 0.4) is 0 Å². The molecular formula is C25H29NO3. The molecule has 29 heavy (non-hydrogen) atoms. The van der Waals surface area contributed by atoms with Crippen molar-refractivity contribution in [2.24, 2.45) is 0 Å². The van der Waals surface area contributed by atoms with Crippen molar-refractivity contribution < 1.29 is 14.2 Å². The first-order valence-corrected chi connectivity index (χ1v) is 10.1. The van der Waals surface area contributed by atoms with Gasteiger partial charge in [-0.25, -0.2) is 0 Å². The molecular weight excluding hydrogens is 362 g/mol. The van der Waals surface area contributed by atoms with E-state index in [0.717, 1.165) is 35.9 Å². The topological polar surface area (TPSA) is 39.7 Å². The maximum absolute atomic E-state index is 5.82. The lowest BCUT2D eigenvalue weighted by atomic mass is 10.2. The molecule has 0 heterocycles. The Morgan fingerprint density at radius 1 is 0.724 bits per heavy atom. The Hall–Kier alpha value is -3.14. The number of anilines is 1. The van der Waals surface area contributed by atoms with Gasteiger partial charge in [0, 0.05) is 12.2 Å². The van der Waals surface area contributed by atoms with Gasteiger partial charge in [-0.3, -0.25) is 0 Å². The molecule has 0 saturated carbocycles. The normalized spacial score (nSPS) is 11.5. The fourth-order valence-electron chi connectivity index (χ4n) is 2.71. The van der Waals surface area contributed by atoms with Gasteiger partial charge in [-0.05, 0) is 67.4 Å². The number of rotatable bonds is 11. The molecule has 0 radical (unpaired) electrons. The summed E-state index contributed by atoms with van der Waals surface area (Å²) in [7, 11) is 0. The summed E-state index contributed by atoms with van der Waals surface area (Å²) in [6.45, 7) is 5.99. The van der Waals surface area contributed by atoms with Crippen LogP contribution < -0.4 is 19.5 Å². The minimum Gasteiger partial charge on any atom is -0.491 e. The molecule has 0 unspecified atom stereocenters. The van der Waals surface area contributed by atoms with Crippen molar-refractivity contribution >= 4 is 5.69 Å². The van der Waals surface area contributed by atoms with Gasteiger partial charge in [-0.15, -0.1) is 0 Å². The predicted octanol–water partition coefficient (Wildman–Crippen LogP) is 5.93. The molecule has 4 nitrogen and oxygen atoms in total. The van der Waals surface area contributed by atoms with Crippen LogP contribution in [-0.4, -0.2) is 19.3 Å². The molecule has 1 atom stereocenters. The van der Waals surface area contributed by atoms with Crippen molar-refractivity contribution in [3.63, 3.8) is 0 Å². The second kappa shape index (κ2) is 11.0. The van der Waals surface area contributed by atoms with Gasteiger partial charge in [0.2, 0.25) is 0 Å². The van der Waals surface area contributed by atoms with Crippen LogP contribution in [0, 0.1) is 0 Å². The fraction of sp³-hybridized carbons (Fsp3) is 0.280. The quantitative estimate of drug-likeness (QED) is 0.411. The highest BCUT2D eigenvalue weighted by Crippen LogP contribution is 2.18. The van der Waals surface area contributed by atoms with Gasteiger partial charge in [0.25, 0.3) is 0 Å². The van der Waals surface area contributed by atoms with Crippen LogP contribution in [0.25, 0.3) is 0 Å². The molecule has 0 aromatic heterocycles. The van der Waals surface area contributed by atoms with Gasteiger partial charge < -0.3 is 19.5 Å². The van der Waals surface area contributed by atoms with Crippen LogP contribution >= 0.6 is 0 Å². The van der Waals surface area contributed by atoms with Crippen LogP contribution in [0.5, 0.6) is 17.2 Å². The van der Waals surface area contributed by atoms with E-state index in [1.807, 2.05) is 66.7 Å². The fourth-order valence-corrected chi connectivity index (χ4v) is 2.71. The highest BCUT2D eigenvalue weighted by molar-refractivity contribution is 5.47. The van der Waals surface area contributed by atoms with Gasteiger partial charge in [0.15, 0.2) is 0 Å². The van der Waals surface area contributed by atoms with Gasteiger partial charge in [0.1, 0.15) is 30.5 Å². The predicted molar refractivity (Wildman–Crippen MR) is 118 cm³/mol. The van der Waals surface area contributed by atoms with Crippen molar-refractivity contribution in [2.45, 2.75) is 32.9 Å². The minimum absolute atomic E-state index is 0.240. The molecule has 0 fully saturated rings. The van der Waals surface area contributed by atoms with Crippen LogP contribution in [-0.2, 0) is 6.54 Å². The molecule has 0 aliphatic rings. The third-order valence-electron chi connectivity index (χ3n) is 4.55. The Bertz CT molecular complexity index is 832. The van der Waals surface area contributed by atoms with Gasteiger partial charge in [0.05, 0.1) is 6.10 Å². The van der Waals surface area contributed by atoms with E-state index < -0.39 is 0 Å². The van der Waals surface area contributed by atoms with Crippen molar-refractivity contribution in [1.29, 1.82) is 0 Å². The standard InChI is InChI=1S/C25H29NO3/c1-3-20(2)29-25-13-9-21(10-14-25)19-26-22-11-15-24(16-12-22)28-18-17-27-23-7-5-4-6-8-23/h4-16,20,26H,3,17-19H2,1-2H3/t20-/m1/s1. The third-order valence-corrected chi connectivity index (χ3v) is 4.55. The van der Waals surface area contributed by atoms with E-state index in [1.165, 1.54) is 5.56 Å². The summed E-state index contributed by atoms with van der Waals surface area (Å²) in [5.74, 6) is 2.61. The van der Waals surface area contributed by atoms with E-state index in [2.05, 4.69) is 31.3 Å². The molecule has 0 amide bonds. The van der Waals surface area contributed by atoms with E-state index in [4.69, 9.17) is 14.2 Å². The lowest BCUT2D eigenvalue weighted by molar-refractivity contribution is 0.217. The average Bonchev–Trinajstić information content (AvgIpc) is 2.77. The zero-order valence-electron chi connectivity index (χ0n) is 17.1. The van der Waals surface area contributed by atoms with Crippen molar-refractivity contribution in [1.82, 2.24) is 0 Å². The van der Waals surface area contributed by atoms with Gasteiger partial charge >= 0.3 is 0 Å². The average molecular weight is 392 g/mol. The number of ether oxygens (including phenoxy) is 3. The second-order valence-corrected chi connectivity index (χ2v) is 6.87. The van der Waals surface area contributed by atoms with Crippen LogP contribution in [0.2, 0.25) is 0 Å². The first kappa shape index (κ1) is 20.6. The van der Waals surface area contributed by atoms with E-state index in [9.17, 15) is 0 Å². The molecule has 0 spiro atoms. The number of hydrogen-bond acceptors (Lipinski definition) is 4. The summed E-state index contributed by atoms with van der Waals surface area (Å²) in [6.07, 6.45) is 1.24. The summed E-state index contributed by atoms with van der Waals surface area (Å²) < 4.78 is 17.2. The Kier molecular flexibility index (Phi) is 7.81. The van der Waals surface area contributed by atoms with Gasteiger partial charge in [-0.1, -0.05) is 37.3 Å². The number of nitrogens with one attached hydrogen (secondary N) is 1. The Morgan fingerprint density at radius 2 is 1.31 bits per heavy atom. The first-order valence-electron chi connectivity index (χ1n) is 10.1. The molecule has 3 rings (SSSR count). The van der Waals surface area contributed by atoms with E-state index in [0.29, 0.717) is 13.2 Å². The number of hydrogen-bond donors (Lipinski definition) is 1. The Morgan fingerprint density at radius 3 is 1.93 bits per heavy atom. The lowest BCUT2D eigenvalue weighted by Crippen LogP contribution is -2.09. The highest BCUT2D eigenvalue weighted by atomic mass is 16.5. The van der Waals surface area contributed by atoms with Crippen LogP contribution in [0.4, 0.5) is 5.69 Å². The van der Waals surface area contributed by atoms with E-state index in [-0.39, 0.29) is 6.10 Å². The monoisotopic (exact) mass is 391 g/mol. The molecule has 0 saturated heterocycles. The lowest BCUT2D eigenvalue weighted by Gasteiger charge is -2.13. The zero-order chi connectivity index (χ0) is 20.3. The molecule has 1 N–H and O–H groups in total. The minimum atomic E-state index is 0.240. The highest BCUT2D eigenvalue weighted by Gasteiger charge is 2.02. The third kappa shape index (κ3) is 7.07. The molecule has 4 heteroatoms. The van der Waals surface area contributed by atoms with Crippen molar-refractivity contribution in [3.8, 4) is 17.2 Å². The number of para-hydroxylation sites is 1. The van der Waals surface area contributed by atoms with Gasteiger partial charge in [-0.2, -0.15) is 0 Å². The van der Waals surface area contributed by atoms with E-state index >= 15 is 0 Å². The van der Waals surface area contributed by atoms with E-state index in [1.54, 1.807) is 0 Å². The molecule has 0 bridgehead atoms. The zero-order valence-corrected chi connectivity index (χ0v) is 17.1. The maximum atomic E-state index is 5.82. The largest absolute Gasteiger partial charge is 0.491 e. The Balaban J connectivity index is 1.38. The molecule has 3 aromatic rings. The van der Waals surface area contributed by atoms with Crippen LogP contribution in [0.1, 0.15) is 25.8 Å². The number of benzene rings is 3. The smallest absolute Gasteiger partial charge is 0.122 e. The van der Waals surface area contributed by atoms with Crippen LogP contribution in [0.15, 0.2) is 78.9 Å². The first-order chi connectivity index (χ1) is 14.2. The molecule has 152 valence electrons. The summed E-state index contributed by atoms with van der Waals surface area (Å²) in [5.41, 5.74) is 2.26. The summed E-state index contributed by atoms with van der Waals surface area (Å²) in [4.78, 5) is 0. The summed E-state index contributed by atoms with van der Waals surface area (Å²) in [6, 6.07) is 26.0. The molecule has 0 aliphatic carbocycles. The molecule has 0 aliphatic heterocycles.